The molecule has 0 unspecified atom stereocenters. The van der Waals surface area contributed by atoms with Gasteiger partial charge in [0.05, 0.1) is 42.9 Å². The van der Waals surface area contributed by atoms with Gasteiger partial charge in [0, 0.05) is 18.5 Å². The number of ether oxygens (including phenoxy) is 2. The summed E-state index contributed by atoms with van der Waals surface area (Å²) < 4.78 is 38.3. The fraction of sp³-hybridized carbons (Fsp3) is 0.261. The second kappa shape index (κ2) is 9.18. The predicted molar refractivity (Wildman–Crippen MR) is 128 cm³/mol. The zero-order valence-electron chi connectivity index (χ0n) is 18.9. The Morgan fingerprint density at radius 3 is 2.59 bits per heavy atom. The Morgan fingerprint density at radius 2 is 1.91 bits per heavy atom. The smallest absolute Gasteiger partial charge is 0.328 e. The number of nitrogens with zero attached hydrogens (tertiary/aromatic N) is 3. The van der Waals surface area contributed by atoms with E-state index < -0.39 is 21.6 Å². The van der Waals surface area contributed by atoms with Crippen molar-refractivity contribution in [3.05, 3.63) is 81.3 Å². The van der Waals surface area contributed by atoms with Crippen LogP contribution in [0.25, 0.3) is 16.9 Å². The standard InChI is InChI=1S/C23H24N4O6S/c1-4-33-20-11-15(8-9-19(20)32-2)18(14-34(3,30)31)27-22-17(25-23(27)29)12-16(13-24-22)26-10-6-5-7-21(26)28/h5-13,18H,4,14H2,1-3H3,(H,25,29)/t18-/m1/s1. The van der Waals surface area contributed by atoms with Crippen LogP contribution in [-0.2, 0) is 9.84 Å². The van der Waals surface area contributed by atoms with E-state index in [-0.39, 0.29) is 17.0 Å². The Balaban J connectivity index is 1.90. The number of hydrogen-bond acceptors (Lipinski definition) is 7. The quantitative estimate of drug-likeness (QED) is 0.405. The molecular weight excluding hydrogens is 460 g/mol. The third-order valence-electron chi connectivity index (χ3n) is 5.29. The number of hydrogen-bond donors (Lipinski definition) is 1. The van der Waals surface area contributed by atoms with E-state index >= 15 is 0 Å². The summed E-state index contributed by atoms with van der Waals surface area (Å²) in [6.45, 7) is 2.20. The Morgan fingerprint density at radius 1 is 1.12 bits per heavy atom. The molecule has 0 aliphatic heterocycles. The third-order valence-corrected chi connectivity index (χ3v) is 6.21. The number of fused-ring (bicyclic) bond motifs is 1. The second-order valence-corrected chi connectivity index (χ2v) is 9.91. The normalized spacial score (nSPS) is 12.6. The average molecular weight is 485 g/mol. The SMILES string of the molecule is CCOc1cc([C@@H](CS(C)(=O)=O)n2c(=O)[nH]c3cc(-n4ccccc4=O)cnc32)ccc1OC. The fourth-order valence-electron chi connectivity index (χ4n) is 3.84. The number of rotatable bonds is 8. The number of methoxy groups -OCH3 is 1. The van der Waals surface area contributed by atoms with Crippen molar-refractivity contribution in [2.75, 3.05) is 25.7 Å². The number of benzene rings is 1. The molecule has 178 valence electrons. The van der Waals surface area contributed by atoms with Crippen LogP contribution in [0.3, 0.4) is 0 Å². The van der Waals surface area contributed by atoms with Gasteiger partial charge in [-0.25, -0.2) is 18.2 Å². The lowest BCUT2D eigenvalue weighted by Crippen LogP contribution is -2.28. The van der Waals surface area contributed by atoms with Crippen LogP contribution < -0.4 is 20.7 Å². The maximum absolute atomic E-state index is 13.0. The molecule has 0 amide bonds. The molecule has 4 rings (SSSR count). The van der Waals surface area contributed by atoms with Crippen molar-refractivity contribution in [2.24, 2.45) is 0 Å². The number of aromatic nitrogens is 4. The van der Waals surface area contributed by atoms with Crippen LogP contribution >= 0.6 is 0 Å². The maximum atomic E-state index is 13.0. The predicted octanol–water partition coefficient (Wildman–Crippen LogP) is 1.92. The van der Waals surface area contributed by atoms with Gasteiger partial charge in [0.25, 0.3) is 5.56 Å². The second-order valence-electron chi connectivity index (χ2n) is 7.73. The van der Waals surface area contributed by atoms with Crippen molar-refractivity contribution in [1.82, 2.24) is 19.1 Å². The minimum absolute atomic E-state index is 0.248. The largest absolute Gasteiger partial charge is 0.493 e. The Labute approximate surface area is 195 Å². The summed E-state index contributed by atoms with van der Waals surface area (Å²) in [5, 5.41) is 0. The highest BCUT2D eigenvalue weighted by Gasteiger charge is 2.25. The van der Waals surface area contributed by atoms with Crippen molar-refractivity contribution in [1.29, 1.82) is 0 Å². The van der Waals surface area contributed by atoms with Crippen LogP contribution in [0.15, 0.2) is 64.4 Å². The van der Waals surface area contributed by atoms with E-state index in [1.807, 2.05) is 6.92 Å². The van der Waals surface area contributed by atoms with Gasteiger partial charge in [-0.05, 0) is 36.8 Å². The first-order valence-electron chi connectivity index (χ1n) is 10.5. The van der Waals surface area contributed by atoms with E-state index in [1.165, 1.54) is 28.5 Å². The molecule has 0 saturated heterocycles. The summed E-state index contributed by atoms with van der Waals surface area (Å²) in [6.07, 6.45) is 4.17. The summed E-state index contributed by atoms with van der Waals surface area (Å²) in [7, 11) is -1.99. The molecule has 1 aromatic carbocycles. The summed E-state index contributed by atoms with van der Waals surface area (Å²) in [5.74, 6) is 0.595. The molecule has 34 heavy (non-hydrogen) atoms. The van der Waals surface area contributed by atoms with Crippen LogP contribution in [0.2, 0.25) is 0 Å². The molecular formula is C23H24N4O6S. The van der Waals surface area contributed by atoms with Crippen molar-refractivity contribution >= 4 is 21.0 Å². The number of sulfone groups is 1. The van der Waals surface area contributed by atoms with Gasteiger partial charge in [-0.2, -0.15) is 0 Å². The van der Waals surface area contributed by atoms with Crippen LogP contribution in [0, 0.1) is 0 Å². The van der Waals surface area contributed by atoms with Crippen molar-refractivity contribution in [3.63, 3.8) is 0 Å². The first kappa shape index (κ1) is 23.3. The van der Waals surface area contributed by atoms with E-state index in [0.717, 1.165) is 6.26 Å². The molecule has 0 aliphatic carbocycles. The molecule has 0 fully saturated rings. The van der Waals surface area contributed by atoms with E-state index in [9.17, 15) is 18.0 Å². The minimum atomic E-state index is -3.50. The molecule has 11 heteroatoms. The van der Waals surface area contributed by atoms with E-state index in [4.69, 9.17) is 9.47 Å². The molecule has 0 spiro atoms. The third kappa shape index (κ3) is 4.60. The molecule has 4 aromatic rings. The molecule has 3 aromatic heterocycles. The molecule has 1 N–H and O–H groups in total. The Hall–Kier alpha value is -3.86. The van der Waals surface area contributed by atoms with Crippen LogP contribution in [-0.4, -0.2) is 53.2 Å². The van der Waals surface area contributed by atoms with Crippen molar-refractivity contribution < 1.29 is 17.9 Å². The van der Waals surface area contributed by atoms with E-state index in [1.54, 1.807) is 42.6 Å². The lowest BCUT2D eigenvalue weighted by molar-refractivity contribution is 0.310. The molecule has 3 heterocycles. The first-order valence-corrected chi connectivity index (χ1v) is 12.5. The highest BCUT2D eigenvalue weighted by atomic mass is 32.2. The number of aromatic amines is 1. The molecule has 1 atom stereocenters. The molecule has 0 radical (unpaired) electrons. The maximum Gasteiger partial charge on any atom is 0.328 e. The van der Waals surface area contributed by atoms with Gasteiger partial charge >= 0.3 is 5.69 Å². The monoisotopic (exact) mass is 484 g/mol. The molecule has 0 bridgehead atoms. The number of nitrogens with one attached hydrogen (secondary N) is 1. The van der Waals surface area contributed by atoms with Gasteiger partial charge in [0.2, 0.25) is 0 Å². The van der Waals surface area contributed by atoms with Crippen molar-refractivity contribution in [3.8, 4) is 17.2 Å². The van der Waals surface area contributed by atoms with Crippen molar-refractivity contribution in [2.45, 2.75) is 13.0 Å². The van der Waals surface area contributed by atoms with Gasteiger partial charge < -0.3 is 14.5 Å². The number of imidazole rings is 1. The lowest BCUT2D eigenvalue weighted by atomic mass is 10.1. The summed E-state index contributed by atoms with van der Waals surface area (Å²) >= 11 is 0. The lowest BCUT2D eigenvalue weighted by Gasteiger charge is -2.20. The Kier molecular flexibility index (Phi) is 6.29. The number of H-pyrrole nitrogens is 1. The number of pyridine rings is 2. The zero-order valence-corrected chi connectivity index (χ0v) is 19.7. The van der Waals surface area contributed by atoms with Crippen LogP contribution in [0.4, 0.5) is 0 Å². The first-order chi connectivity index (χ1) is 16.2. The van der Waals surface area contributed by atoms with E-state index in [0.29, 0.717) is 34.9 Å². The average Bonchev–Trinajstić information content (AvgIpc) is 3.12. The summed E-state index contributed by atoms with van der Waals surface area (Å²) in [5.41, 5.74) is 0.872. The topological polar surface area (TPSA) is 125 Å². The molecule has 0 aliphatic rings. The minimum Gasteiger partial charge on any atom is -0.493 e. The highest BCUT2D eigenvalue weighted by Crippen LogP contribution is 2.32. The molecule has 0 saturated carbocycles. The molecule has 10 nitrogen and oxygen atoms in total. The van der Waals surface area contributed by atoms with Gasteiger partial charge in [0.1, 0.15) is 9.84 Å². The zero-order chi connectivity index (χ0) is 24.5. The van der Waals surface area contributed by atoms with Gasteiger partial charge in [-0.15, -0.1) is 0 Å². The summed E-state index contributed by atoms with van der Waals surface area (Å²) in [6, 6.07) is 10.5. The van der Waals surface area contributed by atoms with E-state index in [2.05, 4.69) is 9.97 Å². The fourth-order valence-corrected chi connectivity index (χ4v) is 4.75. The Bertz CT molecular complexity index is 1570. The van der Waals surface area contributed by atoms with Crippen LogP contribution in [0.5, 0.6) is 11.5 Å². The van der Waals surface area contributed by atoms with Gasteiger partial charge in [-0.1, -0.05) is 12.1 Å². The van der Waals surface area contributed by atoms with Gasteiger partial charge in [-0.3, -0.25) is 13.9 Å². The van der Waals surface area contributed by atoms with Crippen LogP contribution in [0.1, 0.15) is 18.5 Å². The van der Waals surface area contributed by atoms with Gasteiger partial charge in [0.15, 0.2) is 17.1 Å². The highest BCUT2D eigenvalue weighted by molar-refractivity contribution is 7.90. The summed E-state index contributed by atoms with van der Waals surface area (Å²) in [4.78, 5) is 32.4.